The number of hydrogen-bond donors (Lipinski definition) is 0. The van der Waals surface area contributed by atoms with Gasteiger partial charge in [0.25, 0.3) is 5.91 Å². The van der Waals surface area contributed by atoms with Gasteiger partial charge in [0.15, 0.2) is 0 Å². The number of carbonyl (C=O) groups is 2. The first-order valence-corrected chi connectivity index (χ1v) is 7.68. The summed E-state index contributed by atoms with van der Waals surface area (Å²) in [5.41, 5.74) is 2.06. The molecule has 2 aromatic rings. The Morgan fingerprint density at radius 2 is 1.87 bits per heavy atom. The molecule has 0 bridgehead atoms. The van der Waals surface area contributed by atoms with Crippen molar-refractivity contribution in [3.05, 3.63) is 52.5 Å². The van der Waals surface area contributed by atoms with Gasteiger partial charge in [-0.15, -0.1) is 0 Å². The monoisotopic (exact) mass is 372 g/mol. The van der Waals surface area contributed by atoms with Crippen molar-refractivity contribution in [2.24, 2.45) is 4.99 Å². The third-order valence-electron chi connectivity index (χ3n) is 3.49. The van der Waals surface area contributed by atoms with Crippen LogP contribution in [0.3, 0.4) is 0 Å². The van der Waals surface area contributed by atoms with Crippen LogP contribution in [0.2, 0.25) is 0 Å². The molecule has 1 aliphatic heterocycles. The summed E-state index contributed by atoms with van der Waals surface area (Å²) in [6.45, 7) is 1.36. The Hall–Kier alpha value is -2.47. The van der Waals surface area contributed by atoms with Crippen molar-refractivity contribution in [1.82, 2.24) is 0 Å². The average molecular weight is 373 g/mol. The Labute approximate surface area is 141 Å². The number of benzene rings is 2. The van der Waals surface area contributed by atoms with Crippen molar-refractivity contribution in [1.29, 1.82) is 0 Å². The van der Waals surface area contributed by atoms with E-state index in [0.717, 1.165) is 9.37 Å². The molecule has 0 saturated carbocycles. The van der Waals surface area contributed by atoms with Crippen molar-refractivity contribution in [3.63, 3.8) is 0 Å². The fourth-order valence-corrected chi connectivity index (χ4v) is 2.79. The molecular weight excluding hydrogens is 360 g/mol. The minimum Gasteiger partial charge on any atom is -0.497 e. The molecule has 0 spiro atoms. The first-order valence-electron chi connectivity index (χ1n) is 6.89. The second kappa shape index (κ2) is 5.96. The van der Waals surface area contributed by atoms with Crippen molar-refractivity contribution < 1.29 is 14.3 Å². The normalized spacial score (nSPS) is 15.0. The number of anilines is 1. The van der Waals surface area contributed by atoms with Gasteiger partial charge in [-0.3, -0.25) is 9.59 Å². The quantitative estimate of drug-likeness (QED) is 0.810. The smallest absolute Gasteiger partial charge is 0.284 e. The zero-order valence-corrected chi connectivity index (χ0v) is 14.1. The van der Waals surface area contributed by atoms with Gasteiger partial charge in [-0.25, -0.2) is 9.89 Å². The standard InChI is InChI=1S/C17H13BrN2O3/c1-10(21)20-15-8-3-11(18)9-14(15)16(17(20)22)19-12-4-6-13(23-2)7-5-12/h3-9H,1-2H3. The van der Waals surface area contributed by atoms with Crippen LogP contribution in [-0.4, -0.2) is 24.6 Å². The molecule has 0 N–H and O–H groups in total. The molecule has 6 heteroatoms. The number of carbonyl (C=O) groups excluding carboxylic acids is 2. The van der Waals surface area contributed by atoms with Crippen LogP contribution >= 0.6 is 15.9 Å². The minimum atomic E-state index is -0.415. The van der Waals surface area contributed by atoms with E-state index in [1.807, 2.05) is 0 Å². The lowest BCUT2D eigenvalue weighted by Gasteiger charge is -2.11. The zero-order valence-electron chi connectivity index (χ0n) is 12.5. The maximum Gasteiger partial charge on any atom is 0.284 e. The highest BCUT2D eigenvalue weighted by molar-refractivity contribution is 9.10. The van der Waals surface area contributed by atoms with Crippen LogP contribution in [0.4, 0.5) is 11.4 Å². The average Bonchev–Trinajstić information content (AvgIpc) is 2.80. The minimum absolute atomic E-state index is 0.252. The van der Waals surface area contributed by atoms with Gasteiger partial charge in [0.05, 0.1) is 18.5 Å². The summed E-state index contributed by atoms with van der Waals surface area (Å²) in [7, 11) is 1.58. The number of nitrogens with zero attached hydrogens (tertiary/aromatic N) is 2. The van der Waals surface area contributed by atoms with Crippen LogP contribution in [0, 0.1) is 0 Å². The summed E-state index contributed by atoms with van der Waals surface area (Å²) in [6.07, 6.45) is 0. The number of amides is 2. The Kier molecular flexibility index (Phi) is 4.00. The summed E-state index contributed by atoms with van der Waals surface area (Å²) in [4.78, 5) is 30.0. The topological polar surface area (TPSA) is 59.0 Å². The van der Waals surface area contributed by atoms with E-state index >= 15 is 0 Å². The summed E-state index contributed by atoms with van der Waals surface area (Å²) in [5.74, 6) is -0.0415. The molecule has 116 valence electrons. The number of imide groups is 1. The van der Waals surface area contributed by atoms with E-state index in [4.69, 9.17) is 4.74 Å². The molecule has 1 heterocycles. The predicted octanol–water partition coefficient (Wildman–Crippen LogP) is 3.47. The Bertz CT molecular complexity index is 828. The van der Waals surface area contributed by atoms with E-state index in [-0.39, 0.29) is 11.6 Å². The molecule has 0 saturated heterocycles. The van der Waals surface area contributed by atoms with Crippen molar-refractivity contribution in [3.8, 4) is 5.75 Å². The molecule has 1 aliphatic rings. The fourth-order valence-electron chi connectivity index (χ4n) is 2.43. The molecule has 2 aromatic carbocycles. The zero-order chi connectivity index (χ0) is 16.6. The third-order valence-corrected chi connectivity index (χ3v) is 3.98. The van der Waals surface area contributed by atoms with Crippen LogP contribution in [0.5, 0.6) is 5.75 Å². The van der Waals surface area contributed by atoms with Crippen LogP contribution in [-0.2, 0) is 9.59 Å². The SMILES string of the molecule is COc1ccc(N=C2C(=O)N(C(C)=O)c3ccc(Br)cc32)cc1. The summed E-state index contributed by atoms with van der Waals surface area (Å²) >= 11 is 3.39. The van der Waals surface area contributed by atoms with Crippen LogP contribution < -0.4 is 9.64 Å². The molecule has 0 atom stereocenters. The highest BCUT2D eigenvalue weighted by Crippen LogP contribution is 2.33. The maximum absolute atomic E-state index is 12.6. The van der Waals surface area contributed by atoms with Crippen molar-refractivity contribution >= 4 is 44.8 Å². The fraction of sp³-hybridized carbons (Fsp3) is 0.118. The number of aliphatic imine (C=N–C) groups is 1. The van der Waals surface area contributed by atoms with Gasteiger partial charge >= 0.3 is 0 Å². The molecule has 5 nitrogen and oxygen atoms in total. The maximum atomic E-state index is 12.6. The lowest BCUT2D eigenvalue weighted by molar-refractivity contribution is -0.121. The summed E-state index contributed by atoms with van der Waals surface area (Å²) in [6, 6.07) is 12.4. The van der Waals surface area contributed by atoms with E-state index < -0.39 is 5.91 Å². The number of methoxy groups -OCH3 is 1. The van der Waals surface area contributed by atoms with Crippen LogP contribution in [0.15, 0.2) is 51.9 Å². The first-order chi connectivity index (χ1) is 11.0. The summed E-state index contributed by atoms with van der Waals surface area (Å²) in [5, 5.41) is 0. The van der Waals surface area contributed by atoms with Gasteiger partial charge in [-0.05, 0) is 42.5 Å². The Balaban J connectivity index is 2.11. The van der Waals surface area contributed by atoms with Crippen molar-refractivity contribution in [2.45, 2.75) is 6.92 Å². The van der Waals surface area contributed by atoms with E-state index in [0.29, 0.717) is 22.7 Å². The second-order valence-electron chi connectivity index (χ2n) is 4.98. The molecule has 23 heavy (non-hydrogen) atoms. The van der Waals surface area contributed by atoms with Crippen LogP contribution in [0.25, 0.3) is 0 Å². The number of halogens is 1. The van der Waals surface area contributed by atoms with Crippen molar-refractivity contribution in [2.75, 3.05) is 12.0 Å². The lowest BCUT2D eigenvalue weighted by Crippen LogP contribution is -2.34. The van der Waals surface area contributed by atoms with Gasteiger partial charge in [-0.1, -0.05) is 15.9 Å². The molecular formula is C17H13BrN2O3. The number of ether oxygens (including phenoxy) is 1. The van der Waals surface area contributed by atoms with Gasteiger partial charge in [0, 0.05) is 17.0 Å². The highest BCUT2D eigenvalue weighted by Gasteiger charge is 2.36. The first kappa shape index (κ1) is 15.4. The third kappa shape index (κ3) is 2.77. The molecule has 0 fully saturated rings. The second-order valence-corrected chi connectivity index (χ2v) is 5.90. The molecule has 3 rings (SSSR count). The number of hydrogen-bond acceptors (Lipinski definition) is 4. The van der Waals surface area contributed by atoms with E-state index in [2.05, 4.69) is 20.9 Å². The molecule has 0 aromatic heterocycles. The predicted molar refractivity (Wildman–Crippen MR) is 91.5 cm³/mol. The van der Waals surface area contributed by atoms with E-state index in [1.165, 1.54) is 6.92 Å². The molecule has 0 aliphatic carbocycles. The Morgan fingerprint density at radius 3 is 2.48 bits per heavy atom. The lowest BCUT2D eigenvalue weighted by atomic mass is 10.1. The summed E-state index contributed by atoms with van der Waals surface area (Å²) < 4.78 is 5.92. The van der Waals surface area contributed by atoms with E-state index in [9.17, 15) is 9.59 Å². The van der Waals surface area contributed by atoms with Gasteiger partial charge in [-0.2, -0.15) is 0 Å². The molecule has 0 radical (unpaired) electrons. The Morgan fingerprint density at radius 1 is 1.17 bits per heavy atom. The molecule has 2 amide bonds. The van der Waals surface area contributed by atoms with Gasteiger partial charge in [0.2, 0.25) is 5.91 Å². The van der Waals surface area contributed by atoms with Gasteiger partial charge < -0.3 is 4.74 Å². The van der Waals surface area contributed by atoms with Gasteiger partial charge in [0.1, 0.15) is 11.5 Å². The number of fused-ring (bicyclic) bond motifs is 1. The van der Waals surface area contributed by atoms with E-state index in [1.54, 1.807) is 49.6 Å². The largest absolute Gasteiger partial charge is 0.497 e. The number of rotatable bonds is 2. The highest BCUT2D eigenvalue weighted by atomic mass is 79.9. The molecule has 0 unspecified atom stereocenters. The van der Waals surface area contributed by atoms with Crippen LogP contribution in [0.1, 0.15) is 12.5 Å².